The molecule has 1 N–H and O–H groups in total. The Morgan fingerprint density at radius 1 is 1.06 bits per heavy atom. The van der Waals surface area contributed by atoms with E-state index in [1.807, 2.05) is 12.1 Å². The minimum Gasteiger partial charge on any atom is -0.489 e. The Bertz CT molecular complexity index is 854. The van der Waals surface area contributed by atoms with Crippen LogP contribution in [0.1, 0.15) is 101 Å². The fraction of sp³-hybridized carbons (Fsp3) is 0.548. The largest absolute Gasteiger partial charge is 0.489 e. The molecule has 1 aliphatic rings. The number of benzene rings is 2. The summed E-state index contributed by atoms with van der Waals surface area (Å²) < 4.78 is 6.47. The van der Waals surface area contributed by atoms with E-state index in [4.69, 9.17) is 4.74 Å². The van der Waals surface area contributed by atoms with E-state index in [0.717, 1.165) is 31.4 Å². The maximum absolute atomic E-state index is 10.8. The van der Waals surface area contributed by atoms with Gasteiger partial charge >= 0.3 is 0 Å². The second kappa shape index (κ2) is 12.4. The fourth-order valence-electron chi connectivity index (χ4n) is 5.27. The molecule has 2 aromatic rings. The minimum atomic E-state index is -0.265. The number of allylic oxidation sites excluding steroid dienone is 1. The van der Waals surface area contributed by atoms with Gasteiger partial charge in [-0.25, -0.2) is 0 Å². The lowest BCUT2D eigenvalue weighted by molar-refractivity contribution is 0.0614. The molecule has 2 heteroatoms. The molecule has 0 heterocycles. The van der Waals surface area contributed by atoms with Gasteiger partial charge in [-0.05, 0) is 72.1 Å². The molecule has 0 amide bonds. The van der Waals surface area contributed by atoms with Crippen LogP contribution in [0.25, 0.3) is 0 Å². The van der Waals surface area contributed by atoms with Crippen molar-refractivity contribution in [1.29, 1.82) is 0 Å². The quantitative estimate of drug-likeness (QED) is 0.261. The van der Waals surface area contributed by atoms with Crippen LogP contribution < -0.4 is 4.74 Å². The van der Waals surface area contributed by atoms with Crippen molar-refractivity contribution in [3.05, 3.63) is 77.9 Å². The summed E-state index contributed by atoms with van der Waals surface area (Å²) in [4.78, 5) is 0. The Kier molecular flexibility index (Phi) is 9.62. The summed E-state index contributed by atoms with van der Waals surface area (Å²) in [5.41, 5.74) is 3.92. The molecule has 0 saturated heterocycles. The van der Waals surface area contributed by atoms with Gasteiger partial charge in [-0.1, -0.05) is 95.0 Å². The molecule has 0 aromatic heterocycles. The topological polar surface area (TPSA) is 29.5 Å². The van der Waals surface area contributed by atoms with E-state index in [0.29, 0.717) is 18.4 Å². The molecule has 3 rings (SSSR count). The van der Waals surface area contributed by atoms with Gasteiger partial charge in [0.1, 0.15) is 12.4 Å². The highest BCUT2D eigenvalue weighted by atomic mass is 16.5. The number of hydrogen-bond donors (Lipinski definition) is 1. The van der Waals surface area contributed by atoms with Crippen LogP contribution in [-0.2, 0) is 12.0 Å². The molecule has 0 radical (unpaired) electrons. The van der Waals surface area contributed by atoms with Gasteiger partial charge in [-0.15, -0.1) is 6.58 Å². The SMILES string of the molecule is C=CCC1CCC(c2ccc(C(C)(C)CCCCCC)cc2OCc2ccccc2)CC1O. The monoisotopic (exact) mass is 448 g/mol. The van der Waals surface area contributed by atoms with E-state index < -0.39 is 0 Å². The van der Waals surface area contributed by atoms with E-state index >= 15 is 0 Å². The predicted octanol–water partition coefficient (Wildman–Crippen LogP) is 8.33. The second-order valence-corrected chi connectivity index (χ2v) is 10.6. The van der Waals surface area contributed by atoms with E-state index in [9.17, 15) is 5.11 Å². The van der Waals surface area contributed by atoms with Crippen molar-refractivity contribution in [2.75, 3.05) is 0 Å². The van der Waals surface area contributed by atoms with E-state index in [-0.39, 0.29) is 11.5 Å². The molecule has 0 spiro atoms. The Morgan fingerprint density at radius 3 is 2.55 bits per heavy atom. The van der Waals surface area contributed by atoms with Gasteiger partial charge in [-0.3, -0.25) is 0 Å². The van der Waals surface area contributed by atoms with Crippen LogP contribution in [0.4, 0.5) is 0 Å². The number of aliphatic hydroxyl groups excluding tert-OH is 1. The van der Waals surface area contributed by atoms with Crippen molar-refractivity contribution in [2.45, 2.75) is 103 Å². The second-order valence-electron chi connectivity index (χ2n) is 10.6. The number of aliphatic hydroxyl groups is 1. The first-order valence-corrected chi connectivity index (χ1v) is 13.0. The third kappa shape index (κ3) is 7.21. The summed E-state index contributed by atoms with van der Waals surface area (Å²) >= 11 is 0. The van der Waals surface area contributed by atoms with Crippen molar-refractivity contribution in [3.8, 4) is 5.75 Å². The lowest BCUT2D eigenvalue weighted by Gasteiger charge is -2.34. The number of rotatable bonds is 12. The van der Waals surface area contributed by atoms with Crippen molar-refractivity contribution >= 4 is 0 Å². The van der Waals surface area contributed by atoms with E-state index in [2.05, 4.69) is 69.8 Å². The van der Waals surface area contributed by atoms with E-state index in [1.54, 1.807) is 0 Å². The summed E-state index contributed by atoms with van der Waals surface area (Å²) in [7, 11) is 0. The van der Waals surface area contributed by atoms with Gasteiger partial charge in [0.15, 0.2) is 0 Å². The van der Waals surface area contributed by atoms with E-state index in [1.165, 1.54) is 48.8 Å². The lowest BCUT2D eigenvalue weighted by atomic mass is 9.74. The average molecular weight is 449 g/mol. The van der Waals surface area contributed by atoms with Gasteiger partial charge in [0.05, 0.1) is 6.10 Å². The standard InChI is InChI=1S/C31H44O2/c1-5-7-8-12-20-31(3,4)27-18-19-28(26-17-16-25(13-6-2)29(32)21-26)30(22-27)33-23-24-14-10-9-11-15-24/h6,9-11,14-15,18-19,22,25-26,29,32H,2,5,7-8,12-13,16-17,20-21,23H2,1,3-4H3. The Morgan fingerprint density at radius 2 is 1.85 bits per heavy atom. The van der Waals surface area contributed by atoms with Gasteiger partial charge in [0.25, 0.3) is 0 Å². The number of ether oxygens (including phenoxy) is 1. The van der Waals surface area contributed by atoms with Crippen LogP contribution in [0.2, 0.25) is 0 Å². The zero-order valence-corrected chi connectivity index (χ0v) is 21.1. The smallest absolute Gasteiger partial charge is 0.123 e. The molecule has 0 bridgehead atoms. The highest BCUT2D eigenvalue weighted by Crippen LogP contribution is 2.43. The Hall–Kier alpha value is -2.06. The molecular weight excluding hydrogens is 404 g/mol. The predicted molar refractivity (Wildman–Crippen MR) is 140 cm³/mol. The Labute approximate surface area is 202 Å². The lowest BCUT2D eigenvalue weighted by Crippen LogP contribution is -2.28. The van der Waals surface area contributed by atoms with Crippen LogP contribution in [0.5, 0.6) is 5.75 Å². The van der Waals surface area contributed by atoms with Crippen LogP contribution >= 0.6 is 0 Å². The molecular formula is C31H44O2. The molecule has 33 heavy (non-hydrogen) atoms. The van der Waals surface area contributed by atoms with Crippen molar-refractivity contribution in [2.24, 2.45) is 5.92 Å². The summed E-state index contributed by atoms with van der Waals surface area (Å²) in [6.07, 6.45) is 11.9. The first kappa shape index (κ1) is 25.6. The first-order valence-electron chi connectivity index (χ1n) is 13.0. The van der Waals surface area contributed by atoms with Crippen LogP contribution in [-0.4, -0.2) is 11.2 Å². The third-order valence-electron chi connectivity index (χ3n) is 7.55. The van der Waals surface area contributed by atoms with Gasteiger partial charge in [-0.2, -0.15) is 0 Å². The van der Waals surface area contributed by atoms with Crippen molar-refractivity contribution in [1.82, 2.24) is 0 Å². The van der Waals surface area contributed by atoms with Gasteiger partial charge in [0, 0.05) is 0 Å². The summed E-state index contributed by atoms with van der Waals surface area (Å²) in [6.45, 7) is 11.4. The molecule has 0 aliphatic heterocycles. The Balaban J connectivity index is 1.81. The average Bonchev–Trinajstić information content (AvgIpc) is 2.82. The van der Waals surface area contributed by atoms with Gasteiger partial charge in [0.2, 0.25) is 0 Å². The molecule has 1 saturated carbocycles. The normalized spacial score (nSPS) is 21.0. The zero-order chi connectivity index (χ0) is 23.7. The highest BCUT2D eigenvalue weighted by molar-refractivity contribution is 5.43. The summed E-state index contributed by atoms with van der Waals surface area (Å²) in [5, 5.41) is 10.8. The van der Waals surface area contributed by atoms with Crippen LogP contribution in [0.15, 0.2) is 61.2 Å². The van der Waals surface area contributed by atoms with Crippen molar-refractivity contribution < 1.29 is 9.84 Å². The van der Waals surface area contributed by atoms with Gasteiger partial charge < -0.3 is 9.84 Å². The number of unbranched alkanes of at least 4 members (excludes halogenated alkanes) is 3. The third-order valence-corrected chi connectivity index (χ3v) is 7.55. The number of hydrogen-bond acceptors (Lipinski definition) is 2. The van der Waals surface area contributed by atoms with Crippen molar-refractivity contribution in [3.63, 3.8) is 0 Å². The zero-order valence-electron chi connectivity index (χ0n) is 21.1. The first-order chi connectivity index (χ1) is 15.9. The highest BCUT2D eigenvalue weighted by Gasteiger charge is 2.31. The molecule has 2 aromatic carbocycles. The molecule has 2 nitrogen and oxygen atoms in total. The summed E-state index contributed by atoms with van der Waals surface area (Å²) in [5.74, 6) is 1.68. The van der Waals surface area contributed by atoms with Crippen LogP contribution in [0.3, 0.4) is 0 Å². The summed E-state index contributed by atoms with van der Waals surface area (Å²) in [6, 6.07) is 17.3. The molecule has 180 valence electrons. The maximum Gasteiger partial charge on any atom is 0.123 e. The maximum atomic E-state index is 10.8. The molecule has 1 aliphatic carbocycles. The van der Waals surface area contributed by atoms with Crippen LogP contribution in [0, 0.1) is 5.92 Å². The fourth-order valence-corrected chi connectivity index (χ4v) is 5.27. The molecule has 3 unspecified atom stereocenters. The molecule has 3 atom stereocenters. The minimum absolute atomic E-state index is 0.123. The molecule has 1 fully saturated rings.